The van der Waals surface area contributed by atoms with E-state index in [1.54, 1.807) is 0 Å². The first-order valence-electron chi connectivity index (χ1n) is 6.78. The quantitative estimate of drug-likeness (QED) is 0.357. The molecule has 2 aromatic rings. The van der Waals surface area contributed by atoms with Gasteiger partial charge in [0.1, 0.15) is 29.0 Å². The number of amides is 2. The van der Waals surface area contributed by atoms with E-state index in [1.807, 2.05) is 0 Å². The summed E-state index contributed by atoms with van der Waals surface area (Å²) in [5.74, 6) is -5.33. The molecule has 12 heteroatoms. The maximum atomic E-state index is 14.3. The molecule has 0 bridgehead atoms. The standard InChI is InChI=1S/C15H6F3N5O3S/c16-11-9(5-19)13(18)14(10(6-20)12(11)17)22(27)15(24)21-7-1-3-8(4-2-7)23(25)26/h1-4,27H,(H,21,24). The first-order valence-corrected chi connectivity index (χ1v) is 7.18. The lowest BCUT2D eigenvalue weighted by molar-refractivity contribution is -0.384. The summed E-state index contributed by atoms with van der Waals surface area (Å²) in [4.78, 5) is 22.1. The van der Waals surface area contributed by atoms with Gasteiger partial charge in [0.15, 0.2) is 17.5 Å². The number of urea groups is 1. The first-order chi connectivity index (χ1) is 12.7. The highest BCUT2D eigenvalue weighted by Crippen LogP contribution is 2.33. The summed E-state index contributed by atoms with van der Waals surface area (Å²) in [5.41, 5.74) is -3.78. The number of hydrogen-bond donors (Lipinski definition) is 2. The molecule has 0 atom stereocenters. The number of thiol groups is 1. The van der Waals surface area contributed by atoms with Crippen LogP contribution < -0.4 is 9.62 Å². The Kier molecular flexibility index (Phi) is 5.53. The van der Waals surface area contributed by atoms with Gasteiger partial charge in [-0.2, -0.15) is 10.5 Å². The van der Waals surface area contributed by atoms with Gasteiger partial charge in [-0.15, -0.1) is 0 Å². The average molecular weight is 393 g/mol. The Morgan fingerprint density at radius 3 is 2.07 bits per heavy atom. The second-order valence-corrected chi connectivity index (χ2v) is 5.21. The smallest absolute Gasteiger partial charge is 0.307 e. The molecule has 0 radical (unpaired) electrons. The second-order valence-electron chi connectivity index (χ2n) is 4.81. The highest BCUT2D eigenvalue weighted by molar-refractivity contribution is 7.82. The molecule has 0 unspecified atom stereocenters. The number of hydrogen-bond acceptors (Lipinski definition) is 6. The van der Waals surface area contributed by atoms with Gasteiger partial charge in [-0.05, 0) is 12.1 Å². The minimum atomic E-state index is -1.87. The summed E-state index contributed by atoms with van der Waals surface area (Å²) in [6, 6.07) is 5.58. The summed E-state index contributed by atoms with van der Waals surface area (Å²) in [5, 5.41) is 30.5. The molecule has 0 fully saturated rings. The van der Waals surface area contributed by atoms with Crippen molar-refractivity contribution in [2.45, 2.75) is 0 Å². The van der Waals surface area contributed by atoms with E-state index < -0.39 is 45.2 Å². The number of non-ortho nitro benzene ring substituents is 1. The Hall–Kier alpha value is -3.77. The van der Waals surface area contributed by atoms with Crippen molar-refractivity contribution in [3.8, 4) is 12.1 Å². The van der Waals surface area contributed by atoms with Gasteiger partial charge >= 0.3 is 6.03 Å². The molecule has 27 heavy (non-hydrogen) atoms. The topological polar surface area (TPSA) is 123 Å². The van der Waals surface area contributed by atoms with Gasteiger partial charge in [0.05, 0.1) is 4.92 Å². The molecule has 0 aromatic heterocycles. The predicted octanol–water partition coefficient (Wildman–Crippen LogP) is 3.64. The zero-order valence-electron chi connectivity index (χ0n) is 12.9. The van der Waals surface area contributed by atoms with Gasteiger partial charge in [-0.3, -0.25) is 10.1 Å². The molecule has 0 aliphatic heterocycles. The third kappa shape index (κ3) is 3.61. The van der Waals surface area contributed by atoms with E-state index in [0.29, 0.717) is 0 Å². The molecular weight excluding hydrogens is 387 g/mol. The number of nitro groups is 1. The first kappa shape index (κ1) is 19.6. The Morgan fingerprint density at radius 1 is 1.07 bits per heavy atom. The minimum Gasteiger partial charge on any atom is -0.307 e. The maximum absolute atomic E-state index is 14.3. The van der Waals surface area contributed by atoms with Crippen LogP contribution in [0.2, 0.25) is 0 Å². The van der Waals surface area contributed by atoms with Crippen LogP contribution in [-0.2, 0) is 0 Å². The van der Waals surface area contributed by atoms with Crippen LogP contribution in [0.1, 0.15) is 11.1 Å². The van der Waals surface area contributed by atoms with Crippen LogP contribution in [0.5, 0.6) is 0 Å². The van der Waals surface area contributed by atoms with Crippen molar-refractivity contribution in [2.75, 3.05) is 9.62 Å². The molecule has 2 aromatic carbocycles. The molecule has 0 saturated carbocycles. The summed E-state index contributed by atoms with van der Waals surface area (Å²) >= 11 is 3.68. The van der Waals surface area contributed by atoms with Crippen LogP contribution in [0.3, 0.4) is 0 Å². The van der Waals surface area contributed by atoms with E-state index in [1.165, 1.54) is 6.07 Å². The Bertz CT molecular complexity index is 1030. The number of halogens is 3. The molecule has 1 N–H and O–H groups in total. The molecule has 0 aliphatic carbocycles. The van der Waals surface area contributed by atoms with E-state index in [4.69, 9.17) is 10.5 Å². The zero-order chi connectivity index (χ0) is 20.3. The number of anilines is 2. The van der Waals surface area contributed by atoms with Crippen LogP contribution in [0.4, 0.5) is 35.0 Å². The number of rotatable bonds is 3. The minimum absolute atomic E-state index is 0.0339. The van der Waals surface area contributed by atoms with Gasteiger partial charge < -0.3 is 5.32 Å². The van der Waals surface area contributed by atoms with Crippen LogP contribution in [0, 0.1) is 50.2 Å². The van der Waals surface area contributed by atoms with Gasteiger partial charge in [-0.25, -0.2) is 22.3 Å². The van der Waals surface area contributed by atoms with Crippen LogP contribution >= 0.6 is 12.8 Å². The molecule has 0 spiro atoms. The van der Waals surface area contributed by atoms with Crippen molar-refractivity contribution in [3.63, 3.8) is 0 Å². The van der Waals surface area contributed by atoms with Crippen molar-refractivity contribution in [1.82, 2.24) is 0 Å². The molecule has 0 saturated heterocycles. The number of carbonyl (C=O) groups is 1. The van der Waals surface area contributed by atoms with Gasteiger partial charge in [-0.1, -0.05) is 12.8 Å². The van der Waals surface area contributed by atoms with E-state index in [0.717, 1.165) is 30.3 Å². The molecule has 2 rings (SSSR count). The highest BCUT2D eigenvalue weighted by Gasteiger charge is 2.30. The molecule has 136 valence electrons. The van der Waals surface area contributed by atoms with E-state index in [9.17, 15) is 28.1 Å². The lowest BCUT2D eigenvalue weighted by atomic mass is 10.1. The molecule has 0 heterocycles. The summed E-state index contributed by atoms with van der Waals surface area (Å²) in [6.45, 7) is 0. The van der Waals surface area contributed by atoms with E-state index >= 15 is 0 Å². The normalized spacial score (nSPS) is 9.85. The highest BCUT2D eigenvalue weighted by atomic mass is 32.1. The Labute approximate surface area is 154 Å². The molecule has 8 nitrogen and oxygen atoms in total. The van der Waals surface area contributed by atoms with Gasteiger partial charge in [0, 0.05) is 17.8 Å². The fraction of sp³-hybridized carbons (Fsp3) is 0. The average Bonchev–Trinajstić information content (AvgIpc) is 2.64. The third-order valence-electron chi connectivity index (χ3n) is 3.25. The summed E-state index contributed by atoms with van der Waals surface area (Å²) in [6.07, 6.45) is 0. The SMILES string of the molecule is N#Cc1c(F)c(F)c(C#N)c(N(S)C(=O)Nc2ccc([N+](=O)[O-])cc2)c1F. The van der Waals surface area contributed by atoms with E-state index in [-0.39, 0.29) is 15.7 Å². The Balaban J connectivity index is 2.42. The number of nitrogens with one attached hydrogen (secondary N) is 1. The number of nitro benzene ring substituents is 1. The fourth-order valence-corrected chi connectivity index (χ4v) is 2.23. The third-order valence-corrected chi connectivity index (χ3v) is 3.63. The molecular formula is C15H6F3N5O3S. The molecule has 2 amide bonds. The van der Waals surface area contributed by atoms with Gasteiger partial charge in [0.25, 0.3) is 5.69 Å². The number of benzene rings is 2. The molecule has 0 aliphatic rings. The Morgan fingerprint density at radius 2 is 1.59 bits per heavy atom. The van der Waals surface area contributed by atoms with Crippen molar-refractivity contribution < 1.29 is 22.9 Å². The number of nitriles is 2. The maximum Gasteiger partial charge on any atom is 0.336 e. The lowest BCUT2D eigenvalue weighted by Crippen LogP contribution is -2.29. The van der Waals surface area contributed by atoms with Crippen LogP contribution in [0.25, 0.3) is 0 Å². The predicted molar refractivity (Wildman–Crippen MR) is 89.3 cm³/mol. The summed E-state index contributed by atoms with van der Waals surface area (Å²) in [7, 11) is 0. The van der Waals surface area contributed by atoms with Crippen molar-refractivity contribution in [2.24, 2.45) is 0 Å². The van der Waals surface area contributed by atoms with Crippen LogP contribution in [-0.4, -0.2) is 11.0 Å². The van der Waals surface area contributed by atoms with Crippen molar-refractivity contribution in [3.05, 3.63) is 63.0 Å². The largest absolute Gasteiger partial charge is 0.336 e. The zero-order valence-corrected chi connectivity index (χ0v) is 13.8. The fourth-order valence-electron chi connectivity index (χ4n) is 1.99. The van der Waals surface area contributed by atoms with E-state index in [2.05, 4.69) is 18.1 Å². The van der Waals surface area contributed by atoms with Gasteiger partial charge in [0.2, 0.25) is 0 Å². The van der Waals surface area contributed by atoms with Crippen molar-refractivity contribution in [1.29, 1.82) is 10.5 Å². The lowest BCUT2D eigenvalue weighted by Gasteiger charge is -2.19. The van der Waals surface area contributed by atoms with Crippen molar-refractivity contribution >= 4 is 35.9 Å². The second kappa shape index (κ2) is 7.63. The monoisotopic (exact) mass is 393 g/mol. The number of nitrogens with zero attached hydrogens (tertiary/aromatic N) is 4. The van der Waals surface area contributed by atoms with Crippen LogP contribution in [0.15, 0.2) is 24.3 Å². The summed E-state index contributed by atoms with van der Waals surface area (Å²) < 4.78 is 42.0. The number of carbonyl (C=O) groups excluding carboxylic acids is 1.